The summed E-state index contributed by atoms with van der Waals surface area (Å²) in [7, 11) is 0. The number of carbonyl (C=O) groups excluding carboxylic acids is 3. The van der Waals surface area contributed by atoms with Gasteiger partial charge in [0.15, 0.2) is 0 Å². The van der Waals surface area contributed by atoms with Crippen molar-refractivity contribution < 1.29 is 19.1 Å². The molecule has 0 radical (unpaired) electrons. The van der Waals surface area contributed by atoms with Crippen molar-refractivity contribution in [2.45, 2.75) is 20.8 Å². The van der Waals surface area contributed by atoms with E-state index in [0.717, 1.165) is 20.5 Å². The molecule has 9 heteroatoms. The van der Waals surface area contributed by atoms with Crippen molar-refractivity contribution in [2.24, 2.45) is 0 Å². The normalized spacial score (nSPS) is 13.5. The highest BCUT2D eigenvalue weighted by Crippen LogP contribution is 2.33. The summed E-state index contributed by atoms with van der Waals surface area (Å²) in [6.45, 7) is 5.47. The molecule has 178 valence electrons. The molecule has 0 saturated heterocycles. The predicted octanol–water partition coefficient (Wildman–Crippen LogP) is 6.68. The second-order valence-electron chi connectivity index (χ2n) is 8.03. The molecule has 6 nitrogen and oxygen atoms in total. The van der Waals surface area contributed by atoms with Gasteiger partial charge in [0.1, 0.15) is 16.5 Å². The van der Waals surface area contributed by atoms with Crippen LogP contribution in [0, 0.1) is 20.8 Å². The molecule has 35 heavy (non-hydrogen) atoms. The first-order valence-corrected chi connectivity index (χ1v) is 12.0. The van der Waals surface area contributed by atoms with Crippen LogP contribution in [0.15, 0.2) is 69.8 Å². The van der Waals surface area contributed by atoms with Crippen LogP contribution >= 0.6 is 39.1 Å². The number of esters is 1. The fraction of sp³-hybridized carbons (Fsp3) is 0.115. The number of nitrogens with one attached hydrogen (secondary N) is 1. The monoisotopic (exact) mass is 572 g/mol. The summed E-state index contributed by atoms with van der Waals surface area (Å²) in [5.41, 5.74) is 3.46. The number of carbonyl (C=O) groups is 3. The molecule has 0 saturated carbocycles. The molecule has 0 aromatic heterocycles. The highest BCUT2D eigenvalue weighted by atomic mass is 79.9. The first-order valence-electron chi connectivity index (χ1n) is 10.5. The minimum absolute atomic E-state index is 0.0533. The Hall–Kier alpha value is -3.13. The van der Waals surface area contributed by atoms with Gasteiger partial charge in [0, 0.05) is 15.2 Å². The Kier molecular flexibility index (Phi) is 7.03. The molecule has 2 amide bonds. The van der Waals surface area contributed by atoms with Crippen molar-refractivity contribution in [2.75, 3.05) is 10.2 Å². The minimum atomic E-state index is -0.634. The van der Waals surface area contributed by atoms with Crippen molar-refractivity contribution in [3.63, 3.8) is 0 Å². The molecule has 0 bridgehead atoms. The van der Waals surface area contributed by atoms with E-state index >= 15 is 0 Å². The van der Waals surface area contributed by atoms with Crippen molar-refractivity contribution >= 4 is 68.3 Å². The lowest BCUT2D eigenvalue weighted by Crippen LogP contribution is -2.32. The van der Waals surface area contributed by atoms with Crippen LogP contribution in [0.1, 0.15) is 27.0 Å². The molecular weight excluding hydrogens is 555 g/mol. The lowest BCUT2D eigenvalue weighted by Gasteiger charge is -2.17. The molecule has 4 rings (SSSR count). The lowest BCUT2D eigenvalue weighted by atomic mass is 10.1. The molecule has 0 spiro atoms. The van der Waals surface area contributed by atoms with Crippen LogP contribution in [0.2, 0.25) is 5.02 Å². The van der Waals surface area contributed by atoms with Gasteiger partial charge in [-0.1, -0.05) is 39.1 Å². The zero-order valence-corrected chi connectivity index (χ0v) is 22.0. The third-order valence-electron chi connectivity index (χ3n) is 5.44. The van der Waals surface area contributed by atoms with E-state index in [-0.39, 0.29) is 10.7 Å². The summed E-state index contributed by atoms with van der Waals surface area (Å²) in [4.78, 5) is 39.4. The first kappa shape index (κ1) is 25.0. The van der Waals surface area contributed by atoms with Crippen LogP contribution in [-0.2, 0) is 9.59 Å². The van der Waals surface area contributed by atoms with Gasteiger partial charge < -0.3 is 10.1 Å². The van der Waals surface area contributed by atoms with E-state index < -0.39 is 17.8 Å². The smallest absolute Gasteiger partial charge is 0.343 e. The van der Waals surface area contributed by atoms with E-state index in [9.17, 15) is 14.4 Å². The Bertz CT molecular complexity index is 1390. The van der Waals surface area contributed by atoms with Crippen molar-refractivity contribution in [3.8, 4) is 5.75 Å². The van der Waals surface area contributed by atoms with Crippen LogP contribution in [0.5, 0.6) is 5.75 Å². The second kappa shape index (κ2) is 9.85. The maximum Gasteiger partial charge on any atom is 0.343 e. The number of hydrogen-bond acceptors (Lipinski definition) is 5. The van der Waals surface area contributed by atoms with Gasteiger partial charge in [-0.25, -0.2) is 9.69 Å². The summed E-state index contributed by atoms with van der Waals surface area (Å²) in [6, 6.07) is 14.9. The average molecular weight is 574 g/mol. The van der Waals surface area contributed by atoms with Gasteiger partial charge in [-0.05, 0) is 92.1 Å². The number of imide groups is 1. The number of amides is 2. The van der Waals surface area contributed by atoms with Crippen LogP contribution < -0.4 is 15.0 Å². The Morgan fingerprint density at radius 2 is 1.51 bits per heavy atom. The number of aryl methyl sites for hydroxylation is 3. The summed E-state index contributed by atoms with van der Waals surface area (Å²) in [5.74, 6) is -1.23. The van der Waals surface area contributed by atoms with E-state index in [1.165, 1.54) is 0 Å². The highest BCUT2D eigenvalue weighted by molar-refractivity contribution is 9.10. The fourth-order valence-corrected chi connectivity index (χ4v) is 4.87. The SMILES string of the molecule is Cc1cc(Cl)ccc1N1C(=O)C(Cl)=C(Nc2ccc(C(=O)Oc3c(C)cc(Br)cc3C)cc2)C1=O. The largest absolute Gasteiger partial charge is 0.422 e. The molecule has 3 aromatic carbocycles. The molecule has 0 atom stereocenters. The van der Waals surface area contributed by atoms with Gasteiger partial charge in [-0.15, -0.1) is 0 Å². The topological polar surface area (TPSA) is 75.7 Å². The number of ether oxygens (including phenoxy) is 1. The molecule has 1 N–H and O–H groups in total. The molecule has 0 aliphatic carbocycles. The van der Waals surface area contributed by atoms with Crippen LogP contribution in [0.25, 0.3) is 0 Å². The zero-order chi connectivity index (χ0) is 25.4. The fourth-order valence-electron chi connectivity index (χ4n) is 3.74. The molecular formula is C26H19BrCl2N2O4. The highest BCUT2D eigenvalue weighted by Gasteiger charge is 2.39. The van der Waals surface area contributed by atoms with Gasteiger partial charge in [-0.3, -0.25) is 9.59 Å². The third-order valence-corrected chi connectivity index (χ3v) is 6.48. The molecule has 3 aromatic rings. The van der Waals surface area contributed by atoms with Crippen LogP contribution in [-0.4, -0.2) is 17.8 Å². The molecule has 1 aliphatic heterocycles. The van der Waals surface area contributed by atoms with Crippen LogP contribution in [0.3, 0.4) is 0 Å². The average Bonchev–Trinajstić information content (AvgIpc) is 3.00. The molecule has 0 unspecified atom stereocenters. The third kappa shape index (κ3) is 4.98. The van der Waals surface area contributed by atoms with E-state index in [1.54, 1.807) is 49.4 Å². The van der Waals surface area contributed by atoms with Gasteiger partial charge >= 0.3 is 5.97 Å². The number of nitrogens with zero attached hydrogens (tertiary/aromatic N) is 1. The predicted molar refractivity (Wildman–Crippen MR) is 140 cm³/mol. The Balaban J connectivity index is 1.51. The van der Waals surface area contributed by atoms with Gasteiger partial charge in [0.2, 0.25) is 0 Å². The van der Waals surface area contributed by atoms with E-state index in [0.29, 0.717) is 33.3 Å². The number of hydrogen-bond donors (Lipinski definition) is 1. The first-order chi connectivity index (χ1) is 16.6. The van der Waals surface area contributed by atoms with Crippen LogP contribution in [0.4, 0.5) is 11.4 Å². The van der Waals surface area contributed by atoms with E-state index in [4.69, 9.17) is 27.9 Å². The molecule has 1 heterocycles. The van der Waals surface area contributed by atoms with Crippen molar-refractivity contribution in [1.29, 1.82) is 0 Å². The van der Waals surface area contributed by atoms with Gasteiger partial charge in [0.05, 0.1) is 11.3 Å². The van der Waals surface area contributed by atoms with E-state index in [2.05, 4.69) is 21.2 Å². The standard InChI is InChI=1S/C26H19BrCl2N2O4/c1-13-12-18(28)6-9-20(13)31-24(32)21(29)22(25(31)33)30-19-7-4-16(5-8-19)26(34)35-23-14(2)10-17(27)11-15(23)3/h4-12,30H,1-3H3. The van der Waals surface area contributed by atoms with Gasteiger partial charge in [0.25, 0.3) is 11.8 Å². The Morgan fingerprint density at radius 1 is 0.886 bits per heavy atom. The second-order valence-corrected chi connectivity index (χ2v) is 9.76. The maximum absolute atomic E-state index is 13.0. The molecule has 0 fully saturated rings. The summed E-state index contributed by atoms with van der Waals surface area (Å²) >= 11 is 15.6. The van der Waals surface area contributed by atoms with Gasteiger partial charge in [-0.2, -0.15) is 0 Å². The number of anilines is 2. The van der Waals surface area contributed by atoms with Crippen molar-refractivity contribution in [1.82, 2.24) is 0 Å². The quantitative estimate of drug-likeness (QED) is 0.209. The zero-order valence-electron chi connectivity index (χ0n) is 18.9. The summed E-state index contributed by atoms with van der Waals surface area (Å²) < 4.78 is 6.50. The maximum atomic E-state index is 13.0. The Morgan fingerprint density at radius 3 is 2.11 bits per heavy atom. The lowest BCUT2D eigenvalue weighted by molar-refractivity contribution is -0.120. The van der Waals surface area contributed by atoms with Crippen molar-refractivity contribution in [3.05, 3.63) is 97.1 Å². The summed E-state index contributed by atoms with van der Waals surface area (Å²) in [5, 5.41) is 3.16. The Labute approximate surface area is 220 Å². The number of rotatable bonds is 5. The van der Waals surface area contributed by atoms with E-state index in [1.807, 2.05) is 26.0 Å². The molecule has 1 aliphatic rings. The minimum Gasteiger partial charge on any atom is -0.422 e. The number of benzene rings is 3. The number of halogens is 3. The summed E-state index contributed by atoms with van der Waals surface area (Å²) in [6.07, 6.45) is 0.